The van der Waals surface area contributed by atoms with E-state index in [1.54, 1.807) is 6.07 Å². The maximum Gasteiger partial charge on any atom is 0.182 e. The van der Waals surface area contributed by atoms with Gasteiger partial charge < -0.3 is 10.8 Å². The molecule has 0 atom stereocenters. The zero-order valence-corrected chi connectivity index (χ0v) is 15.5. The minimum absolute atomic E-state index is 0. The first-order valence-corrected chi connectivity index (χ1v) is 9.14. The molecule has 0 aliphatic rings. The van der Waals surface area contributed by atoms with Gasteiger partial charge in [-0.05, 0) is 29.9 Å². The SMILES string of the molecule is CCCCS(=O)(=O)c1cc(C(C)(C)CC)cc(CN)c1O.Cl. The van der Waals surface area contributed by atoms with Gasteiger partial charge in [-0.25, -0.2) is 8.42 Å². The molecule has 128 valence electrons. The first kappa shape index (κ1) is 21.2. The van der Waals surface area contributed by atoms with E-state index in [9.17, 15) is 13.5 Å². The highest BCUT2D eigenvalue weighted by Gasteiger charge is 2.26. The molecule has 4 nitrogen and oxygen atoms in total. The number of nitrogens with two attached hydrogens (primary N) is 1. The third kappa shape index (κ3) is 4.61. The maximum absolute atomic E-state index is 12.4. The fraction of sp³-hybridized carbons (Fsp3) is 0.625. The smallest absolute Gasteiger partial charge is 0.182 e. The van der Waals surface area contributed by atoms with E-state index in [1.165, 1.54) is 0 Å². The van der Waals surface area contributed by atoms with Crippen molar-refractivity contribution in [1.82, 2.24) is 0 Å². The summed E-state index contributed by atoms with van der Waals surface area (Å²) in [6, 6.07) is 3.43. The van der Waals surface area contributed by atoms with Crippen LogP contribution in [0.2, 0.25) is 0 Å². The quantitative estimate of drug-likeness (QED) is 0.789. The van der Waals surface area contributed by atoms with Crippen LogP contribution in [0.25, 0.3) is 0 Å². The van der Waals surface area contributed by atoms with Gasteiger partial charge in [-0.3, -0.25) is 0 Å². The molecule has 22 heavy (non-hydrogen) atoms. The topological polar surface area (TPSA) is 80.4 Å². The van der Waals surface area contributed by atoms with Gasteiger partial charge in [-0.15, -0.1) is 12.4 Å². The Morgan fingerprint density at radius 3 is 2.27 bits per heavy atom. The zero-order valence-electron chi connectivity index (χ0n) is 13.8. The van der Waals surface area contributed by atoms with E-state index in [1.807, 2.05) is 13.0 Å². The molecule has 0 amide bonds. The van der Waals surface area contributed by atoms with Crippen LogP contribution in [0.1, 0.15) is 58.1 Å². The number of phenols is 1. The Morgan fingerprint density at radius 1 is 1.23 bits per heavy atom. The van der Waals surface area contributed by atoms with Crippen LogP contribution < -0.4 is 5.73 Å². The Balaban J connectivity index is 0.00000441. The van der Waals surface area contributed by atoms with Gasteiger partial charge in [-0.1, -0.05) is 40.2 Å². The molecule has 0 bridgehead atoms. The summed E-state index contributed by atoms with van der Waals surface area (Å²) in [5, 5.41) is 10.2. The molecule has 1 rings (SSSR count). The van der Waals surface area contributed by atoms with E-state index in [4.69, 9.17) is 5.73 Å². The van der Waals surface area contributed by atoms with Crippen molar-refractivity contribution in [1.29, 1.82) is 0 Å². The number of phenolic OH excluding ortho intramolecular Hbond substituents is 1. The summed E-state index contributed by atoms with van der Waals surface area (Å²) in [4.78, 5) is 0.0235. The Bertz CT molecular complexity index is 598. The number of sulfone groups is 1. The highest BCUT2D eigenvalue weighted by atomic mass is 35.5. The summed E-state index contributed by atoms with van der Waals surface area (Å²) < 4.78 is 24.9. The van der Waals surface area contributed by atoms with Crippen LogP contribution in [0.4, 0.5) is 0 Å². The number of hydrogen-bond acceptors (Lipinski definition) is 4. The normalized spacial score (nSPS) is 12.0. The number of hydrogen-bond donors (Lipinski definition) is 2. The number of unbranched alkanes of at least 4 members (excludes halogenated alkanes) is 1. The molecular weight excluding hydrogens is 322 g/mol. The summed E-state index contributed by atoms with van der Waals surface area (Å²) in [6.07, 6.45) is 2.25. The van der Waals surface area contributed by atoms with Gasteiger partial charge in [0.25, 0.3) is 0 Å². The van der Waals surface area contributed by atoms with Crippen LogP contribution in [0.3, 0.4) is 0 Å². The maximum atomic E-state index is 12.4. The van der Waals surface area contributed by atoms with Gasteiger partial charge in [0.15, 0.2) is 9.84 Å². The first-order chi connectivity index (χ1) is 9.69. The fourth-order valence-corrected chi connectivity index (χ4v) is 3.72. The lowest BCUT2D eigenvalue weighted by atomic mass is 9.81. The molecule has 0 aromatic heterocycles. The average Bonchev–Trinajstić information content (AvgIpc) is 2.44. The molecule has 6 heteroatoms. The molecule has 1 aromatic rings. The minimum atomic E-state index is -3.48. The molecule has 0 saturated heterocycles. The third-order valence-electron chi connectivity index (χ3n) is 4.14. The average molecular weight is 350 g/mol. The van der Waals surface area contributed by atoms with Crippen LogP contribution in [-0.2, 0) is 21.8 Å². The summed E-state index contributed by atoms with van der Waals surface area (Å²) >= 11 is 0. The minimum Gasteiger partial charge on any atom is -0.506 e. The molecule has 3 N–H and O–H groups in total. The van der Waals surface area contributed by atoms with Gasteiger partial charge in [0.1, 0.15) is 10.6 Å². The lowest BCUT2D eigenvalue weighted by Crippen LogP contribution is -2.18. The van der Waals surface area contributed by atoms with Gasteiger partial charge >= 0.3 is 0 Å². The van der Waals surface area contributed by atoms with E-state index >= 15 is 0 Å². The lowest BCUT2D eigenvalue weighted by Gasteiger charge is -2.25. The first-order valence-electron chi connectivity index (χ1n) is 7.48. The highest BCUT2D eigenvalue weighted by Crippen LogP contribution is 2.35. The number of rotatable bonds is 7. The molecule has 0 aliphatic heterocycles. The molecule has 0 unspecified atom stereocenters. The van der Waals surface area contributed by atoms with Crippen molar-refractivity contribution in [3.63, 3.8) is 0 Å². The van der Waals surface area contributed by atoms with Crippen molar-refractivity contribution in [2.75, 3.05) is 5.75 Å². The van der Waals surface area contributed by atoms with Gasteiger partial charge in [0.2, 0.25) is 0 Å². The standard InChI is InChI=1S/C16H27NO3S.ClH/c1-5-7-8-21(19,20)14-10-13(16(3,4)6-2)9-12(11-17)15(14)18;/h9-10,18H,5-8,11,17H2,1-4H3;1H. The van der Waals surface area contributed by atoms with Crippen molar-refractivity contribution in [3.8, 4) is 5.75 Å². The van der Waals surface area contributed by atoms with Crippen molar-refractivity contribution >= 4 is 22.2 Å². The van der Waals surface area contributed by atoms with E-state index in [0.717, 1.165) is 18.4 Å². The predicted octanol–water partition coefficient (Wildman–Crippen LogP) is 3.53. The van der Waals surface area contributed by atoms with E-state index < -0.39 is 9.84 Å². The Morgan fingerprint density at radius 2 is 1.82 bits per heavy atom. The van der Waals surface area contributed by atoms with Crippen molar-refractivity contribution < 1.29 is 13.5 Å². The third-order valence-corrected chi connectivity index (χ3v) is 5.95. The van der Waals surface area contributed by atoms with Crippen LogP contribution in [0.15, 0.2) is 17.0 Å². The van der Waals surface area contributed by atoms with Crippen LogP contribution in [-0.4, -0.2) is 19.3 Å². The number of benzene rings is 1. The van der Waals surface area contributed by atoms with E-state index in [-0.39, 0.29) is 40.8 Å². The second kappa shape index (κ2) is 8.18. The molecule has 1 aromatic carbocycles. The summed E-state index contributed by atoms with van der Waals surface area (Å²) in [7, 11) is -3.48. The van der Waals surface area contributed by atoms with Crippen molar-refractivity contribution in [2.24, 2.45) is 5.73 Å². The molecule has 0 heterocycles. The number of halogens is 1. The highest BCUT2D eigenvalue weighted by molar-refractivity contribution is 7.91. The Hall–Kier alpha value is -0.780. The second-order valence-electron chi connectivity index (χ2n) is 6.10. The molecule has 0 saturated carbocycles. The Kier molecular flexibility index (Phi) is 7.89. The van der Waals surface area contributed by atoms with Crippen molar-refractivity contribution in [3.05, 3.63) is 23.3 Å². The van der Waals surface area contributed by atoms with Crippen LogP contribution >= 0.6 is 12.4 Å². The van der Waals surface area contributed by atoms with E-state index in [0.29, 0.717) is 12.0 Å². The molecule has 0 radical (unpaired) electrons. The zero-order chi connectivity index (χ0) is 16.3. The van der Waals surface area contributed by atoms with Gasteiger partial charge in [0.05, 0.1) is 5.75 Å². The fourth-order valence-electron chi connectivity index (χ4n) is 2.10. The molecule has 0 aliphatic carbocycles. The predicted molar refractivity (Wildman–Crippen MR) is 93.5 cm³/mol. The number of aromatic hydroxyl groups is 1. The largest absolute Gasteiger partial charge is 0.506 e. The second-order valence-corrected chi connectivity index (χ2v) is 8.17. The van der Waals surface area contributed by atoms with E-state index in [2.05, 4.69) is 20.8 Å². The Labute approximate surface area is 140 Å². The lowest BCUT2D eigenvalue weighted by molar-refractivity contribution is 0.447. The van der Waals surface area contributed by atoms with Crippen molar-refractivity contribution in [2.45, 2.75) is 63.8 Å². The molecule has 0 spiro atoms. The van der Waals surface area contributed by atoms with Crippen LogP contribution in [0.5, 0.6) is 5.75 Å². The molecular formula is C16H28ClNO3S. The summed E-state index contributed by atoms with van der Waals surface area (Å²) in [5.74, 6) is -0.138. The molecule has 0 fully saturated rings. The summed E-state index contributed by atoms with van der Waals surface area (Å²) in [6.45, 7) is 8.23. The van der Waals surface area contributed by atoms with Gasteiger partial charge in [-0.2, -0.15) is 0 Å². The van der Waals surface area contributed by atoms with Crippen LogP contribution in [0, 0.1) is 0 Å². The monoisotopic (exact) mass is 349 g/mol. The summed E-state index contributed by atoms with van der Waals surface area (Å²) in [5.41, 5.74) is 6.89. The van der Waals surface area contributed by atoms with Gasteiger partial charge in [0, 0.05) is 12.1 Å².